The van der Waals surface area contributed by atoms with Crippen LogP contribution in [0.2, 0.25) is 0 Å². The number of amides is 1. The van der Waals surface area contributed by atoms with Gasteiger partial charge in [-0.25, -0.2) is 0 Å². The van der Waals surface area contributed by atoms with Crippen LogP contribution in [-0.2, 0) is 22.4 Å². The Bertz CT molecular complexity index is 797. The summed E-state index contributed by atoms with van der Waals surface area (Å²) < 4.78 is 0. The third kappa shape index (κ3) is 3.18. The van der Waals surface area contributed by atoms with Crippen LogP contribution >= 0.6 is 0 Å². The Labute approximate surface area is 141 Å². The zero-order valence-electron chi connectivity index (χ0n) is 14.0. The highest BCUT2D eigenvalue weighted by molar-refractivity contribution is 5.98. The number of hydrogen-bond donors (Lipinski definition) is 1. The van der Waals surface area contributed by atoms with Crippen LogP contribution in [0.1, 0.15) is 28.7 Å². The normalized spacial score (nSPS) is 16.1. The molecule has 2 aromatic carbocycles. The Balaban J connectivity index is 1.87. The minimum atomic E-state index is -0.878. The lowest BCUT2D eigenvalue weighted by molar-refractivity contribution is -0.137. The van der Waals surface area contributed by atoms with Crippen molar-refractivity contribution in [3.8, 4) is 0 Å². The Morgan fingerprint density at radius 3 is 2.58 bits per heavy atom. The predicted molar refractivity (Wildman–Crippen MR) is 93.3 cm³/mol. The van der Waals surface area contributed by atoms with Gasteiger partial charge < -0.3 is 10.0 Å². The monoisotopic (exact) mass is 323 g/mol. The molecule has 4 nitrogen and oxygen atoms in total. The summed E-state index contributed by atoms with van der Waals surface area (Å²) in [7, 11) is 0. The van der Waals surface area contributed by atoms with Crippen molar-refractivity contribution in [2.24, 2.45) is 0 Å². The summed E-state index contributed by atoms with van der Waals surface area (Å²) in [5.41, 5.74) is 5.20. The van der Waals surface area contributed by atoms with E-state index in [0.717, 1.165) is 22.4 Å². The summed E-state index contributed by atoms with van der Waals surface area (Å²) in [4.78, 5) is 25.8. The Morgan fingerprint density at radius 1 is 1.12 bits per heavy atom. The number of hydrogen-bond acceptors (Lipinski definition) is 2. The topological polar surface area (TPSA) is 57.6 Å². The van der Waals surface area contributed by atoms with E-state index in [0.29, 0.717) is 6.42 Å². The number of carboxylic acids is 1. The molecule has 1 amide bonds. The van der Waals surface area contributed by atoms with Crippen molar-refractivity contribution >= 4 is 17.6 Å². The molecule has 3 rings (SSSR count). The number of nitrogens with zero attached hydrogens (tertiary/aromatic N) is 1. The fourth-order valence-electron chi connectivity index (χ4n) is 3.34. The molecular formula is C20H21NO3. The standard InChI is InChI=1S/C20H21NO3/c1-13-7-8-15(9-14(13)2)10-19(22)21-17(12-20(23)24)11-16-5-3-4-6-18(16)21/h3-9,17H,10-12H2,1-2H3,(H,23,24). The number of benzene rings is 2. The Kier molecular flexibility index (Phi) is 4.38. The molecule has 124 valence electrons. The van der Waals surface area contributed by atoms with Gasteiger partial charge in [-0.3, -0.25) is 9.59 Å². The van der Waals surface area contributed by atoms with Crippen molar-refractivity contribution in [2.75, 3.05) is 4.90 Å². The van der Waals surface area contributed by atoms with Gasteiger partial charge in [0.05, 0.1) is 18.9 Å². The smallest absolute Gasteiger partial charge is 0.305 e. The van der Waals surface area contributed by atoms with Crippen molar-refractivity contribution in [1.82, 2.24) is 0 Å². The van der Waals surface area contributed by atoms with Gasteiger partial charge in [0.2, 0.25) is 5.91 Å². The van der Waals surface area contributed by atoms with E-state index in [-0.39, 0.29) is 24.8 Å². The molecule has 0 radical (unpaired) electrons. The van der Waals surface area contributed by atoms with Gasteiger partial charge in [-0.05, 0) is 48.6 Å². The summed E-state index contributed by atoms with van der Waals surface area (Å²) in [6.45, 7) is 4.07. The third-order valence-electron chi connectivity index (χ3n) is 4.68. The minimum absolute atomic E-state index is 0.0344. The van der Waals surface area contributed by atoms with Crippen LogP contribution in [0.25, 0.3) is 0 Å². The maximum Gasteiger partial charge on any atom is 0.305 e. The molecule has 1 N–H and O–H groups in total. The van der Waals surface area contributed by atoms with Crippen molar-refractivity contribution in [3.63, 3.8) is 0 Å². The van der Waals surface area contributed by atoms with Gasteiger partial charge in [0.25, 0.3) is 0 Å². The van der Waals surface area contributed by atoms with E-state index in [1.54, 1.807) is 4.90 Å². The molecular weight excluding hydrogens is 302 g/mol. The van der Waals surface area contributed by atoms with Gasteiger partial charge >= 0.3 is 5.97 Å². The SMILES string of the molecule is Cc1ccc(CC(=O)N2c3ccccc3CC2CC(=O)O)cc1C. The molecule has 0 saturated carbocycles. The number of rotatable bonds is 4. The maximum absolute atomic E-state index is 12.9. The van der Waals surface area contributed by atoms with Crippen LogP contribution in [-0.4, -0.2) is 23.0 Å². The lowest BCUT2D eigenvalue weighted by Crippen LogP contribution is -2.40. The first-order chi connectivity index (χ1) is 11.5. The second-order valence-corrected chi connectivity index (χ2v) is 6.44. The largest absolute Gasteiger partial charge is 0.481 e. The Hall–Kier alpha value is -2.62. The number of fused-ring (bicyclic) bond motifs is 1. The predicted octanol–water partition coefficient (Wildman–Crippen LogP) is 3.28. The number of anilines is 1. The molecule has 2 aromatic rings. The van der Waals surface area contributed by atoms with Crippen molar-refractivity contribution in [3.05, 3.63) is 64.7 Å². The van der Waals surface area contributed by atoms with Crippen LogP contribution in [0.4, 0.5) is 5.69 Å². The molecule has 0 spiro atoms. The highest BCUT2D eigenvalue weighted by atomic mass is 16.4. The second-order valence-electron chi connectivity index (χ2n) is 6.44. The van der Waals surface area contributed by atoms with E-state index in [4.69, 9.17) is 0 Å². The van der Waals surface area contributed by atoms with Gasteiger partial charge in [0, 0.05) is 5.69 Å². The summed E-state index contributed by atoms with van der Waals surface area (Å²) in [6.07, 6.45) is 0.847. The molecule has 1 heterocycles. The number of para-hydroxylation sites is 1. The Morgan fingerprint density at radius 2 is 1.88 bits per heavy atom. The first-order valence-electron chi connectivity index (χ1n) is 8.13. The van der Waals surface area contributed by atoms with Crippen molar-refractivity contribution < 1.29 is 14.7 Å². The average molecular weight is 323 g/mol. The van der Waals surface area contributed by atoms with Crippen LogP contribution < -0.4 is 4.90 Å². The van der Waals surface area contributed by atoms with Crippen molar-refractivity contribution in [2.45, 2.75) is 39.2 Å². The van der Waals surface area contributed by atoms with Crippen LogP contribution in [0.15, 0.2) is 42.5 Å². The molecule has 1 atom stereocenters. The molecule has 0 aromatic heterocycles. The maximum atomic E-state index is 12.9. The number of carboxylic acid groups (broad SMARTS) is 1. The molecule has 1 unspecified atom stereocenters. The lowest BCUT2D eigenvalue weighted by atomic mass is 10.0. The molecule has 0 aliphatic carbocycles. The number of carbonyl (C=O) groups excluding carboxylic acids is 1. The van der Waals surface area contributed by atoms with E-state index >= 15 is 0 Å². The first-order valence-corrected chi connectivity index (χ1v) is 8.13. The fraction of sp³-hybridized carbons (Fsp3) is 0.300. The van der Waals surface area contributed by atoms with Gasteiger partial charge in [-0.15, -0.1) is 0 Å². The molecule has 0 fully saturated rings. The van der Waals surface area contributed by atoms with E-state index < -0.39 is 5.97 Å². The van der Waals surface area contributed by atoms with Crippen molar-refractivity contribution in [1.29, 1.82) is 0 Å². The third-order valence-corrected chi connectivity index (χ3v) is 4.68. The van der Waals surface area contributed by atoms with Gasteiger partial charge in [-0.2, -0.15) is 0 Å². The van der Waals surface area contributed by atoms with E-state index in [9.17, 15) is 14.7 Å². The molecule has 24 heavy (non-hydrogen) atoms. The van der Waals surface area contributed by atoms with Crippen LogP contribution in [0, 0.1) is 13.8 Å². The van der Waals surface area contributed by atoms with Gasteiger partial charge in [-0.1, -0.05) is 36.4 Å². The zero-order chi connectivity index (χ0) is 17.3. The molecule has 4 heteroatoms. The van der Waals surface area contributed by atoms with Crippen LogP contribution in [0.3, 0.4) is 0 Å². The van der Waals surface area contributed by atoms with Gasteiger partial charge in [0.15, 0.2) is 0 Å². The summed E-state index contributed by atoms with van der Waals surface area (Å²) in [5, 5.41) is 9.17. The lowest BCUT2D eigenvalue weighted by Gasteiger charge is -2.25. The van der Waals surface area contributed by atoms with Crippen LogP contribution in [0.5, 0.6) is 0 Å². The van der Waals surface area contributed by atoms with Gasteiger partial charge in [0.1, 0.15) is 0 Å². The second kappa shape index (κ2) is 6.48. The number of aryl methyl sites for hydroxylation is 2. The first kappa shape index (κ1) is 16.2. The zero-order valence-corrected chi connectivity index (χ0v) is 14.0. The van der Waals surface area contributed by atoms with E-state index in [1.165, 1.54) is 5.56 Å². The molecule has 0 saturated heterocycles. The highest BCUT2D eigenvalue weighted by Crippen LogP contribution is 2.34. The molecule has 1 aliphatic heterocycles. The summed E-state index contributed by atoms with van der Waals surface area (Å²) in [6, 6.07) is 13.4. The quantitative estimate of drug-likeness (QED) is 0.939. The average Bonchev–Trinajstić information content (AvgIpc) is 2.88. The number of aliphatic carboxylic acids is 1. The highest BCUT2D eigenvalue weighted by Gasteiger charge is 2.34. The summed E-state index contributed by atoms with van der Waals surface area (Å²) in [5.74, 6) is -0.925. The summed E-state index contributed by atoms with van der Waals surface area (Å²) >= 11 is 0. The molecule has 0 bridgehead atoms. The molecule has 1 aliphatic rings. The fourth-order valence-corrected chi connectivity index (χ4v) is 3.34. The minimum Gasteiger partial charge on any atom is -0.481 e. The van der Waals surface area contributed by atoms with E-state index in [1.807, 2.05) is 56.3 Å². The number of carbonyl (C=O) groups is 2. The van der Waals surface area contributed by atoms with E-state index in [2.05, 4.69) is 0 Å².